The minimum absolute atomic E-state index is 0.0546. The molecule has 19 heavy (non-hydrogen) atoms. The summed E-state index contributed by atoms with van der Waals surface area (Å²) in [7, 11) is -0.850. The van der Waals surface area contributed by atoms with Crippen molar-refractivity contribution in [2.75, 3.05) is 18.6 Å². The van der Waals surface area contributed by atoms with Gasteiger partial charge in [0, 0.05) is 29.4 Å². The monoisotopic (exact) mass is 286 g/mol. The highest BCUT2D eigenvalue weighted by Crippen LogP contribution is 2.34. The van der Waals surface area contributed by atoms with Gasteiger partial charge in [-0.25, -0.2) is 0 Å². The number of carbonyl (C=O) groups excluding carboxylic acids is 2. The summed E-state index contributed by atoms with van der Waals surface area (Å²) in [6.07, 6.45) is 5.83. The molecule has 0 radical (unpaired) electrons. The van der Waals surface area contributed by atoms with E-state index in [0.29, 0.717) is 18.7 Å². The Morgan fingerprint density at radius 1 is 1.37 bits per heavy atom. The summed E-state index contributed by atoms with van der Waals surface area (Å²) in [5, 5.41) is 2.93. The molecule has 0 aromatic heterocycles. The van der Waals surface area contributed by atoms with E-state index in [9.17, 15) is 13.8 Å². The molecule has 2 atom stereocenters. The van der Waals surface area contributed by atoms with Gasteiger partial charge in [0.1, 0.15) is 11.6 Å². The van der Waals surface area contributed by atoms with Gasteiger partial charge in [-0.2, -0.15) is 0 Å². The molecule has 1 spiro atoms. The molecule has 5 nitrogen and oxygen atoms in total. The van der Waals surface area contributed by atoms with Crippen LogP contribution in [0.5, 0.6) is 0 Å². The van der Waals surface area contributed by atoms with Gasteiger partial charge in [0.2, 0.25) is 11.8 Å². The first-order chi connectivity index (χ1) is 8.96. The minimum Gasteiger partial charge on any atom is -0.340 e. The molecule has 1 heterocycles. The highest BCUT2D eigenvalue weighted by atomic mass is 32.2. The zero-order valence-corrected chi connectivity index (χ0v) is 12.4. The molecule has 2 rings (SSSR count). The van der Waals surface area contributed by atoms with Gasteiger partial charge in [-0.1, -0.05) is 12.8 Å². The van der Waals surface area contributed by atoms with Gasteiger partial charge in [-0.15, -0.1) is 0 Å². The summed E-state index contributed by atoms with van der Waals surface area (Å²) in [6, 6.07) is -0.413. The maximum absolute atomic E-state index is 12.6. The highest BCUT2D eigenvalue weighted by Gasteiger charge is 2.50. The Kier molecular flexibility index (Phi) is 4.28. The molecular weight excluding hydrogens is 264 g/mol. The summed E-state index contributed by atoms with van der Waals surface area (Å²) in [6.45, 7) is 2.28. The van der Waals surface area contributed by atoms with E-state index in [-0.39, 0.29) is 11.8 Å². The third kappa shape index (κ3) is 2.83. The fourth-order valence-electron chi connectivity index (χ4n) is 3.04. The van der Waals surface area contributed by atoms with Crippen LogP contribution in [0, 0.1) is 0 Å². The van der Waals surface area contributed by atoms with Crippen LogP contribution in [0.1, 0.15) is 39.0 Å². The summed E-state index contributed by atoms with van der Waals surface area (Å²) >= 11 is 0. The Morgan fingerprint density at radius 2 is 2.00 bits per heavy atom. The van der Waals surface area contributed by atoms with Crippen molar-refractivity contribution in [3.63, 3.8) is 0 Å². The Morgan fingerprint density at radius 3 is 2.58 bits per heavy atom. The van der Waals surface area contributed by atoms with Crippen LogP contribution >= 0.6 is 0 Å². The largest absolute Gasteiger partial charge is 0.340 e. The van der Waals surface area contributed by atoms with E-state index in [1.54, 1.807) is 18.1 Å². The SMILES string of the molecule is CC1C(=O)NC2(CCCC2)C(=O)N1CCCS(C)=O. The molecular formula is C13H22N2O3S. The second-order valence-corrected chi connectivity index (χ2v) is 7.14. The first-order valence-electron chi connectivity index (χ1n) is 6.89. The quantitative estimate of drug-likeness (QED) is 0.814. The molecule has 1 aliphatic heterocycles. The maximum Gasteiger partial charge on any atom is 0.248 e. The lowest BCUT2D eigenvalue weighted by Gasteiger charge is -2.43. The van der Waals surface area contributed by atoms with Crippen molar-refractivity contribution in [3.8, 4) is 0 Å². The number of carbonyl (C=O) groups is 2. The minimum atomic E-state index is -0.850. The van der Waals surface area contributed by atoms with E-state index in [0.717, 1.165) is 25.7 Å². The lowest BCUT2D eigenvalue weighted by atomic mass is 9.91. The first-order valence-corrected chi connectivity index (χ1v) is 8.62. The standard InChI is InChI=1S/C13H22N2O3S/c1-10-11(16)14-13(6-3-4-7-13)12(17)15(10)8-5-9-19(2)18/h10H,3-9H2,1-2H3,(H,14,16). The number of piperazine rings is 1. The van der Waals surface area contributed by atoms with Crippen LogP contribution in [0.3, 0.4) is 0 Å². The molecule has 2 fully saturated rings. The summed E-state index contributed by atoms with van der Waals surface area (Å²) in [5.41, 5.74) is -0.644. The van der Waals surface area contributed by atoms with Crippen LogP contribution in [-0.2, 0) is 20.4 Å². The second kappa shape index (κ2) is 5.61. The van der Waals surface area contributed by atoms with Gasteiger partial charge < -0.3 is 10.2 Å². The molecule has 1 N–H and O–H groups in total. The maximum atomic E-state index is 12.6. The zero-order chi connectivity index (χ0) is 14.0. The number of rotatable bonds is 4. The van der Waals surface area contributed by atoms with Crippen molar-refractivity contribution in [3.05, 3.63) is 0 Å². The van der Waals surface area contributed by atoms with Crippen molar-refractivity contribution < 1.29 is 13.8 Å². The van der Waals surface area contributed by atoms with Crippen molar-refractivity contribution in [1.29, 1.82) is 0 Å². The molecule has 1 saturated carbocycles. The topological polar surface area (TPSA) is 66.5 Å². The molecule has 6 heteroatoms. The fraction of sp³-hybridized carbons (Fsp3) is 0.846. The average Bonchev–Trinajstić information content (AvgIpc) is 2.80. The number of hydrogen-bond donors (Lipinski definition) is 1. The molecule has 0 aromatic rings. The summed E-state index contributed by atoms with van der Waals surface area (Å²) in [4.78, 5) is 26.3. The lowest BCUT2D eigenvalue weighted by Crippen LogP contribution is -2.68. The fourth-order valence-corrected chi connectivity index (χ4v) is 3.57. The number of hydrogen-bond acceptors (Lipinski definition) is 3. The molecule has 0 bridgehead atoms. The number of nitrogens with zero attached hydrogens (tertiary/aromatic N) is 1. The van der Waals surface area contributed by atoms with Crippen molar-refractivity contribution in [2.45, 2.75) is 50.6 Å². The molecule has 2 amide bonds. The Labute approximate surface area is 116 Å². The molecule has 1 aliphatic carbocycles. The van der Waals surface area contributed by atoms with E-state index >= 15 is 0 Å². The van der Waals surface area contributed by atoms with Gasteiger partial charge in [-0.3, -0.25) is 13.8 Å². The molecule has 2 aliphatic rings. The van der Waals surface area contributed by atoms with E-state index in [2.05, 4.69) is 5.32 Å². The summed E-state index contributed by atoms with van der Waals surface area (Å²) < 4.78 is 11.1. The third-order valence-electron chi connectivity index (χ3n) is 4.17. The van der Waals surface area contributed by atoms with E-state index in [1.807, 2.05) is 0 Å². The van der Waals surface area contributed by atoms with Gasteiger partial charge in [-0.05, 0) is 26.2 Å². The van der Waals surface area contributed by atoms with Gasteiger partial charge in [0.15, 0.2) is 0 Å². The first kappa shape index (κ1) is 14.5. The average molecular weight is 286 g/mol. The zero-order valence-electron chi connectivity index (χ0n) is 11.6. The lowest BCUT2D eigenvalue weighted by molar-refractivity contribution is -0.154. The molecule has 0 aromatic carbocycles. The second-order valence-electron chi connectivity index (χ2n) is 5.58. The normalized spacial score (nSPS) is 27.7. The predicted octanol–water partition coefficient (Wildman–Crippen LogP) is 0.415. The van der Waals surface area contributed by atoms with Crippen molar-refractivity contribution >= 4 is 22.6 Å². The Bertz CT molecular complexity index is 405. The van der Waals surface area contributed by atoms with Crippen LogP contribution in [-0.4, -0.2) is 51.1 Å². The van der Waals surface area contributed by atoms with Crippen molar-refractivity contribution in [1.82, 2.24) is 10.2 Å². The Balaban J connectivity index is 2.08. The van der Waals surface area contributed by atoms with E-state index < -0.39 is 22.4 Å². The molecule has 108 valence electrons. The number of amides is 2. The molecule has 1 saturated heterocycles. The van der Waals surface area contributed by atoms with Crippen LogP contribution in [0.2, 0.25) is 0 Å². The van der Waals surface area contributed by atoms with Crippen LogP contribution in [0.15, 0.2) is 0 Å². The van der Waals surface area contributed by atoms with Gasteiger partial charge >= 0.3 is 0 Å². The smallest absolute Gasteiger partial charge is 0.248 e. The van der Waals surface area contributed by atoms with Crippen LogP contribution < -0.4 is 5.32 Å². The van der Waals surface area contributed by atoms with Crippen molar-refractivity contribution in [2.24, 2.45) is 0 Å². The Hall–Kier alpha value is -0.910. The third-order valence-corrected chi connectivity index (χ3v) is 5.03. The predicted molar refractivity (Wildman–Crippen MR) is 74.1 cm³/mol. The van der Waals surface area contributed by atoms with E-state index in [1.165, 1.54) is 0 Å². The van der Waals surface area contributed by atoms with Gasteiger partial charge in [0.25, 0.3) is 0 Å². The highest BCUT2D eigenvalue weighted by molar-refractivity contribution is 7.84. The van der Waals surface area contributed by atoms with E-state index in [4.69, 9.17) is 0 Å². The number of nitrogens with one attached hydrogen (secondary N) is 1. The summed E-state index contributed by atoms with van der Waals surface area (Å²) in [5.74, 6) is 0.573. The van der Waals surface area contributed by atoms with Gasteiger partial charge in [0.05, 0.1) is 0 Å². The molecule has 2 unspecified atom stereocenters. The van der Waals surface area contributed by atoms with Crippen LogP contribution in [0.25, 0.3) is 0 Å². The van der Waals surface area contributed by atoms with Crippen LogP contribution in [0.4, 0.5) is 0 Å².